The molecule has 0 bridgehead atoms. The van der Waals surface area contributed by atoms with E-state index in [4.69, 9.17) is 4.74 Å². The van der Waals surface area contributed by atoms with Crippen LogP contribution >= 0.6 is 0 Å². The van der Waals surface area contributed by atoms with E-state index in [1.807, 2.05) is 0 Å². The lowest BCUT2D eigenvalue weighted by Crippen LogP contribution is -2.45. The minimum Gasteiger partial charge on any atom is -0.466 e. The fourth-order valence-corrected chi connectivity index (χ4v) is 10.6. The van der Waals surface area contributed by atoms with Crippen LogP contribution in [0, 0.1) is 0 Å². The molecule has 2 unspecified atom stereocenters. The summed E-state index contributed by atoms with van der Waals surface area (Å²) in [5, 5.41) is 23.4. The molecule has 71 heavy (non-hydrogen) atoms. The Morgan fingerprint density at radius 1 is 0.338 bits per heavy atom. The number of rotatable bonds is 62. The number of nitrogens with one attached hydrogen (secondary N) is 1. The highest BCUT2D eigenvalue weighted by Crippen LogP contribution is 2.19. The Bertz CT molecular complexity index is 1020. The van der Waals surface area contributed by atoms with Crippen molar-refractivity contribution in [3.8, 4) is 0 Å². The smallest absolute Gasteiger partial charge is 0.305 e. The number of aliphatic hydroxyl groups is 2. The van der Waals surface area contributed by atoms with Crippen molar-refractivity contribution in [2.24, 2.45) is 0 Å². The highest BCUT2D eigenvalue weighted by Gasteiger charge is 2.20. The van der Waals surface area contributed by atoms with E-state index < -0.39 is 12.1 Å². The summed E-state index contributed by atoms with van der Waals surface area (Å²) >= 11 is 0. The molecule has 0 aromatic rings. The van der Waals surface area contributed by atoms with Crippen molar-refractivity contribution in [3.63, 3.8) is 0 Å². The molecule has 0 aromatic carbocycles. The van der Waals surface area contributed by atoms with Gasteiger partial charge in [-0.15, -0.1) is 0 Å². The molecule has 2 atom stereocenters. The van der Waals surface area contributed by atoms with Crippen LogP contribution in [0.5, 0.6) is 0 Å². The third-order valence-electron chi connectivity index (χ3n) is 15.7. The van der Waals surface area contributed by atoms with Gasteiger partial charge < -0.3 is 20.3 Å². The van der Waals surface area contributed by atoms with E-state index in [2.05, 4.69) is 19.2 Å². The van der Waals surface area contributed by atoms with Gasteiger partial charge in [0.25, 0.3) is 0 Å². The van der Waals surface area contributed by atoms with E-state index in [0.717, 1.165) is 44.9 Å². The summed E-state index contributed by atoms with van der Waals surface area (Å²) in [5.41, 5.74) is 0. The van der Waals surface area contributed by atoms with E-state index in [9.17, 15) is 19.8 Å². The Morgan fingerprint density at radius 3 is 0.859 bits per heavy atom. The van der Waals surface area contributed by atoms with E-state index in [1.165, 1.54) is 302 Å². The van der Waals surface area contributed by atoms with Crippen LogP contribution in [0.25, 0.3) is 0 Å². The zero-order valence-corrected chi connectivity index (χ0v) is 48.5. The Morgan fingerprint density at radius 2 is 0.577 bits per heavy atom. The molecule has 0 heterocycles. The lowest BCUT2D eigenvalue weighted by Gasteiger charge is -2.22. The first-order valence-corrected chi connectivity index (χ1v) is 32.8. The summed E-state index contributed by atoms with van der Waals surface area (Å²) in [4.78, 5) is 24.6. The number of hydrogen-bond donors (Lipinski definition) is 3. The maximum absolute atomic E-state index is 12.5. The molecule has 424 valence electrons. The summed E-state index contributed by atoms with van der Waals surface area (Å²) < 4.78 is 5.48. The minimum atomic E-state index is -0.669. The number of ether oxygens (including phenoxy) is 1. The molecular weight excluding hydrogens is 875 g/mol. The van der Waals surface area contributed by atoms with Crippen molar-refractivity contribution in [1.82, 2.24) is 5.32 Å². The molecule has 0 rings (SSSR count). The van der Waals surface area contributed by atoms with Crippen molar-refractivity contribution < 1.29 is 24.5 Å². The van der Waals surface area contributed by atoms with Crippen LogP contribution in [-0.4, -0.2) is 47.4 Å². The predicted molar refractivity (Wildman–Crippen MR) is 310 cm³/mol. The Labute approximate surface area is 445 Å². The van der Waals surface area contributed by atoms with Crippen LogP contribution in [0.15, 0.2) is 0 Å². The summed E-state index contributed by atoms with van der Waals surface area (Å²) in [6, 6.07) is -0.547. The van der Waals surface area contributed by atoms with Gasteiger partial charge >= 0.3 is 5.97 Å². The molecule has 0 aliphatic carbocycles. The fraction of sp³-hybridized carbons (Fsp3) is 0.969. The number of aliphatic hydroxyl groups excluding tert-OH is 2. The zero-order valence-electron chi connectivity index (χ0n) is 48.5. The molecule has 0 fully saturated rings. The Balaban J connectivity index is 3.40. The third-order valence-corrected chi connectivity index (χ3v) is 15.7. The third kappa shape index (κ3) is 58.0. The predicted octanol–water partition coefficient (Wildman–Crippen LogP) is 20.6. The number of esters is 1. The molecule has 0 radical (unpaired) electrons. The number of carbonyl (C=O) groups is 2. The van der Waals surface area contributed by atoms with E-state index in [-0.39, 0.29) is 18.5 Å². The van der Waals surface area contributed by atoms with E-state index in [0.29, 0.717) is 25.9 Å². The van der Waals surface area contributed by atoms with Crippen LogP contribution in [0.1, 0.15) is 380 Å². The van der Waals surface area contributed by atoms with Gasteiger partial charge in [-0.3, -0.25) is 9.59 Å². The first-order valence-electron chi connectivity index (χ1n) is 32.8. The van der Waals surface area contributed by atoms with Crippen LogP contribution in [-0.2, 0) is 14.3 Å². The van der Waals surface area contributed by atoms with Gasteiger partial charge in [-0.1, -0.05) is 341 Å². The lowest BCUT2D eigenvalue weighted by atomic mass is 10.0. The normalized spacial score (nSPS) is 12.5. The maximum atomic E-state index is 12.5. The molecular formula is C65H129NO5. The van der Waals surface area contributed by atoms with Crippen LogP contribution in [0.2, 0.25) is 0 Å². The second-order valence-corrected chi connectivity index (χ2v) is 22.8. The molecule has 0 aromatic heterocycles. The molecule has 0 aliphatic rings. The van der Waals surface area contributed by atoms with Crippen molar-refractivity contribution in [2.45, 2.75) is 392 Å². The molecule has 6 heteroatoms. The van der Waals surface area contributed by atoms with Gasteiger partial charge in [-0.2, -0.15) is 0 Å². The largest absolute Gasteiger partial charge is 0.466 e. The second-order valence-electron chi connectivity index (χ2n) is 22.8. The average molecular weight is 1000 g/mol. The highest BCUT2D eigenvalue weighted by atomic mass is 16.5. The molecule has 0 saturated carbocycles. The van der Waals surface area contributed by atoms with Crippen molar-refractivity contribution in [3.05, 3.63) is 0 Å². The number of amides is 1. The van der Waals surface area contributed by atoms with Gasteiger partial charge in [0.2, 0.25) is 5.91 Å². The summed E-state index contributed by atoms with van der Waals surface area (Å²) in [5.74, 6) is -0.0298. The molecule has 0 spiro atoms. The molecule has 0 aliphatic heterocycles. The SMILES string of the molecule is CCCCCCCCCCCCCCCCCCCCCCCCCCCC(O)C(CO)NC(=O)CCCCCCCCCCCCCCCCCCOC(=O)CCCCCCCCCCCCCCC. The zero-order chi connectivity index (χ0) is 51.4. The van der Waals surface area contributed by atoms with Crippen LogP contribution in [0.3, 0.4) is 0 Å². The maximum Gasteiger partial charge on any atom is 0.305 e. The van der Waals surface area contributed by atoms with E-state index in [1.54, 1.807) is 0 Å². The molecule has 3 N–H and O–H groups in total. The minimum absolute atomic E-state index is 0.00640. The van der Waals surface area contributed by atoms with Gasteiger partial charge in [0.05, 0.1) is 25.4 Å². The fourth-order valence-electron chi connectivity index (χ4n) is 10.6. The summed E-state index contributed by atoms with van der Waals surface area (Å²) in [6.07, 6.45) is 72.6. The second kappa shape index (κ2) is 61.4. The highest BCUT2D eigenvalue weighted by molar-refractivity contribution is 5.76. The number of carbonyl (C=O) groups excluding carboxylic acids is 2. The topological polar surface area (TPSA) is 95.9 Å². The molecule has 6 nitrogen and oxygen atoms in total. The summed E-state index contributed by atoms with van der Waals surface area (Å²) in [7, 11) is 0. The first-order chi connectivity index (χ1) is 35.0. The first kappa shape index (κ1) is 69.9. The van der Waals surface area contributed by atoms with Gasteiger partial charge in [-0.25, -0.2) is 0 Å². The monoisotopic (exact) mass is 1000 g/mol. The van der Waals surface area contributed by atoms with Crippen molar-refractivity contribution in [2.75, 3.05) is 13.2 Å². The molecule has 0 saturated heterocycles. The quantitative estimate of drug-likeness (QED) is 0.0417. The van der Waals surface area contributed by atoms with Crippen molar-refractivity contribution >= 4 is 11.9 Å². The van der Waals surface area contributed by atoms with Gasteiger partial charge in [-0.05, 0) is 25.7 Å². The average Bonchev–Trinajstić information content (AvgIpc) is 3.37. The Kier molecular flexibility index (Phi) is 60.4. The van der Waals surface area contributed by atoms with Crippen molar-refractivity contribution in [1.29, 1.82) is 0 Å². The lowest BCUT2D eigenvalue weighted by molar-refractivity contribution is -0.143. The summed E-state index contributed by atoms with van der Waals surface area (Å²) in [6.45, 7) is 4.98. The van der Waals surface area contributed by atoms with E-state index >= 15 is 0 Å². The van der Waals surface area contributed by atoms with Crippen LogP contribution in [0.4, 0.5) is 0 Å². The molecule has 1 amide bonds. The van der Waals surface area contributed by atoms with Gasteiger partial charge in [0.15, 0.2) is 0 Å². The van der Waals surface area contributed by atoms with Gasteiger partial charge in [0.1, 0.15) is 0 Å². The Hall–Kier alpha value is -1.14. The number of unbranched alkanes of at least 4 members (excludes halogenated alkanes) is 51. The number of hydrogen-bond acceptors (Lipinski definition) is 5. The standard InChI is InChI=1S/C65H129NO5/c1-3-5-7-9-11-13-15-17-18-19-20-21-22-23-24-25-26-27-30-34-37-41-45-49-53-57-63(68)62(61-67)66-64(69)58-54-50-46-42-38-35-31-28-29-32-36-40-44-48-52-56-60-71-65(70)59-55-51-47-43-39-33-16-14-12-10-8-6-4-2/h62-63,67-68H,3-61H2,1-2H3,(H,66,69). The van der Waals surface area contributed by atoms with Gasteiger partial charge in [0, 0.05) is 12.8 Å². The van der Waals surface area contributed by atoms with Crippen LogP contribution < -0.4 is 5.32 Å².